The topological polar surface area (TPSA) is 72.0 Å². The minimum atomic E-state index is -3.83. The molecular weight excluding hydrogens is 345 g/mol. The van der Waals surface area contributed by atoms with E-state index in [-0.39, 0.29) is 26.0 Å². The van der Waals surface area contributed by atoms with Crippen LogP contribution in [0.2, 0.25) is 15.5 Å². The van der Waals surface area contributed by atoms with Gasteiger partial charge in [-0.3, -0.25) is 4.72 Å². The number of anilines is 1. The predicted octanol–water partition coefficient (Wildman–Crippen LogP) is 3.55. The zero-order valence-electron chi connectivity index (χ0n) is 10.1. The fourth-order valence-electron chi connectivity index (χ4n) is 1.43. The molecular formula is C11H8Cl3N3O2S. The SMILES string of the molecule is Cc1cc(Cl)nc(Cl)c1NS(=O)(=O)c1ccc(Cl)nc1. The molecule has 1 N–H and O–H groups in total. The van der Waals surface area contributed by atoms with Gasteiger partial charge >= 0.3 is 0 Å². The maximum Gasteiger partial charge on any atom is 0.263 e. The smallest absolute Gasteiger partial charge is 0.263 e. The molecule has 20 heavy (non-hydrogen) atoms. The van der Waals surface area contributed by atoms with E-state index in [1.54, 1.807) is 6.92 Å². The molecule has 2 aromatic heterocycles. The van der Waals surface area contributed by atoms with Gasteiger partial charge in [-0.1, -0.05) is 34.8 Å². The van der Waals surface area contributed by atoms with Crippen molar-refractivity contribution < 1.29 is 8.42 Å². The van der Waals surface area contributed by atoms with Gasteiger partial charge in [-0.25, -0.2) is 18.4 Å². The highest BCUT2D eigenvalue weighted by molar-refractivity contribution is 7.92. The van der Waals surface area contributed by atoms with Gasteiger partial charge in [0.25, 0.3) is 10.0 Å². The molecule has 2 aromatic rings. The number of aromatic nitrogens is 2. The van der Waals surface area contributed by atoms with Crippen molar-refractivity contribution in [2.24, 2.45) is 0 Å². The molecule has 0 fully saturated rings. The number of pyridine rings is 2. The lowest BCUT2D eigenvalue weighted by Gasteiger charge is -2.11. The maximum absolute atomic E-state index is 12.2. The van der Waals surface area contributed by atoms with Gasteiger partial charge in [0.05, 0.1) is 5.69 Å². The lowest BCUT2D eigenvalue weighted by Crippen LogP contribution is -2.14. The zero-order valence-corrected chi connectivity index (χ0v) is 13.1. The number of aryl methyl sites for hydroxylation is 1. The van der Waals surface area contributed by atoms with Crippen LogP contribution in [-0.4, -0.2) is 18.4 Å². The van der Waals surface area contributed by atoms with Crippen molar-refractivity contribution in [2.45, 2.75) is 11.8 Å². The molecule has 0 aliphatic rings. The molecule has 2 rings (SSSR count). The monoisotopic (exact) mass is 351 g/mol. The van der Waals surface area contributed by atoms with Crippen LogP contribution < -0.4 is 4.72 Å². The van der Waals surface area contributed by atoms with E-state index in [9.17, 15) is 8.42 Å². The van der Waals surface area contributed by atoms with Crippen molar-refractivity contribution >= 4 is 50.5 Å². The molecule has 106 valence electrons. The molecule has 0 aromatic carbocycles. The van der Waals surface area contributed by atoms with Crippen molar-refractivity contribution in [1.82, 2.24) is 9.97 Å². The average molecular weight is 353 g/mol. The standard InChI is InChI=1S/C11H8Cl3N3O2S/c1-6-4-9(13)16-11(14)10(6)17-20(18,19)7-2-3-8(12)15-5-7/h2-5,17H,1H3. The van der Waals surface area contributed by atoms with Crippen molar-refractivity contribution in [2.75, 3.05) is 4.72 Å². The minimum absolute atomic E-state index is 0.0273. The van der Waals surface area contributed by atoms with Crippen molar-refractivity contribution in [3.63, 3.8) is 0 Å². The number of nitrogens with zero attached hydrogens (tertiary/aromatic N) is 2. The largest absolute Gasteiger partial charge is 0.276 e. The van der Waals surface area contributed by atoms with E-state index in [2.05, 4.69) is 14.7 Å². The van der Waals surface area contributed by atoms with Gasteiger partial charge < -0.3 is 0 Å². The number of nitrogens with one attached hydrogen (secondary N) is 1. The number of hydrogen-bond donors (Lipinski definition) is 1. The lowest BCUT2D eigenvalue weighted by molar-refractivity contribution is 0.600. The van der Waals surface area contributed by atoms with E-state index in [0.29, 0.717) is 5.56 Å². The summed E-state index contributed by atoms with van der Waals surface area (Å²) in [7, 11) is -3.83. The first-order valence-corrected chi connectivity index (χ1v) is 7.88. The highest BCUT2D eigenvalue weighted by atomic mass is 35.5. The summed E-state index contributed by atoms with van der Waals surface area (Å²) >= 11 is 17.2. The Kier molecular flexibility index (Phi) is 4.39. The van der Waals surface area contributed by atoms with Crippen LogP contribution >= 0.6 is 34.8 Å². The summed E-state index contributed by atoms with van der Waals surface area (Å²) < 4.78 is 26.7. The summed E-state index contributed by atoms with van der Waals surface area (Å²) in [5.41, 5.74) is 0.728. The normalized spacial score (nSPS) is 11.4. The van der Waals surface area contributed by atoms with Crippen LogP contribution in [0.4, 0.5) is 5.69 Å². The summed E-state index contributed by atoms with van der Waals surface area (Å²) in [5.74, 6) is 0. The Balaban J connectivity index is 2.41. The van der Waals surface area contributed by atoms with Crippen LogP contribution in [-0.2, 0) is 10.0 Å². The highest BCUT2D eigenvalue weighted by Crippen LogP contribution is 2.28. The summed E-state index contributed by atoms with van der Waals surface area (Å²) in [6.45, 7) is 1.66. The van der Waals surface area contributed by atoms with E-state index in [4.69, 9.17) is 34.8 Å². The first-order chi connectivity index (χ1) is 9.29. The first kappa shape index (κ1) is 15.3. The van der Waals surface area contributed by atoms with E-state index in [1.165, 1.54) is 18.2 Å². The van der Waals surface area contributed by atoms with Crippen molar-refractivity contribution in [3.05, 3.63) is 45.4 Å². The van der Waals surface area contributed by atoms with Crippen LogP contribution in [0.25, 0.3) is 0 Å². The Hall–Kier alpha value is -1.08. The fraction of sp³-hybridized carbons (Fsp3) is 0.0909. The molecule has 9 heteroatoms. The lowest BCUT2D eigenvalue weighted by atomic mass is 10.3. The Morgan fingerprint density at radius 2 is 1.85 bits per heavy atom. The summed E-state index contributed by atoms with van der Waals surface area (Å²) in [6.07, 6.45) is 1.15. The number of sulfonamides is 1. The molecule has 0 unspecified atom stereocenters. The van der Waals surface area contributed by atoms with E-state index in [0.717, 1.165) is 6.20 Å². The molecule has 0 bridgehead atoms. The molecule has 0 aliphatic carbocycles. The molecule has 0 saturated heterocycles. The van der Waals surface area contributed by atoms with Gasteiger partial charge in [0.2, 0.25) is 0 Å². The summed E-state index contributed by atoms with van der Waals surface area (Å²) in [5, 5.41) is 0.357. The second-order valence-electron chi connectivity index (χ2n) is 3.85. The van der Waals surface area contributed by atoms with Gasteiger partial charge in [-0.15, -0.1) is 0 Å². The van der Waals surface area contributed by atoms with Crippen LogP contribution in [0, 0.1) is 6.92 Å². The van der Waals surface area contributed by atoms with E-state index < -0.39 is 10.0 Å². The van der Waals surface area contributed by atoms with Crippen LogP contribution in [0.5, 0.6) is 0 Å². The molecule has 5 nitrogen and oxygen atoms in total. The van der Waals surface area contributed by atoms with Crippen molar-refractivity contribution in [3.8, 4) is 0 Å². The van der Waals surface area contributed by atoms with Gasteiger partial charge in [0.1, 0.15) is 15.2 Å². The van der Waals surface area contributed by atoms with Crippen LogP contribution in [0.3, 0.4) is 0 Å². The van der Waals surface area contributed by atoms with Gasteiger partial charge in [-0.05, 0) is 30.7 Å². The third-order valence-electron chi connectivity index (χ3n) is 2.39. The number of rotatable bonds is 3. The van der Waals surface area contributed by atoms with Crippen LogP contribution in [0.1, 0.15) is 5.56 Å². The van der Waals surface area contributed by atoms with Gasteiger partial charge in [0, 0.05) is 6.20 Å². The average Bonchev–Trinajstić information content (AvgIpc) is 2.34. The van der Waals surface area contributed by atoms with Crippen molar-refractivity contribution in [1.29, 1.82) is 0 Å². The molecule has 0 amide bonds. The number of halogens is 3. The molecule has 0 spiro atoms. The van der Waals surface area contributed by atoms with Gasteiger partial charge in [-0.2, -0.15) is 0 Å². The first-order valence-electron chi connectivity index (χ1n) is 5.26. The van der Waals surface area contributed by atoms with Gasteiger partial charge in [0.15, 0.2) is 5.15 Å². The quantitative estimate of drug-likeness (QED) is 0.858. The Morgan fingerprint density at radius 1 is 1.15 bits per heavy atom. The molecule has 0 saturated carbocycles. The highest BCUT2D eigenvalue weighted by Gasteiger charge is 2.18. The second kappa shape index (κ2) is 5.73. The molecule has 0 aliphatic heterocycles. The minimum Gasteiger partial charge on any atom is -0.276 e. The second-order valence-corrected chi connectivity index (χ2v) is 6.66. The van der Waals surface area contributed by atoms with Crippen LogP contribution in [0.15, 0.2) is 29.3 Å². The molecule has 2 heterocycles. The predicted molar refractivity (Wildman–Crippen MR) is 79.0 cm³/mol. The summed E-state index contributed by atoms with van der Waals surface area (Å²) in [6, 6.07) is 4.22. The molecule has 0 radical (unpaired) electrons. The van der Waals surface area contributed by atoms with E-state index >= 15 is 0 Å². The summed E-state index contributed by atoms with van der Waals surface area (Å²) in [4.78, 5) is 7.48. The maximum atomic E-state index is 12.2. The Labute approximate surface area is 131 Å². The fourth-order valence-corrected chi connectivity index (χ4v) is 3.26. The third-order valence-corrected chi connectivity index (χ3v) is 4.41. The Morgan fingerprint density at radius 3 is 2.40 bits per heavy atom. The zero-order chi connectivity index (χ0) is 14.9. The number of hydrogen-bond acceptors (Lipinski definition) is 4. The Bertz CT molecular complexity index is 725. The molecule has 0 atom stereocenters. The third kappa shape index (κ3) is 3.32. The van der Waals surface area contributed by atoms with E-state index in [1.807, 2.05) is 0 Å².